The van der Waals surface area contributed by atoms with Crippen molar-refractivity contribution in [2.75, 3.05) is 7.11 Å². The van der Waals surface area contributed by atoms with E-state index in [0.29, 0.717) is 11.3 Å². The summed E-state index contributed by atoms with van der Waals surface area (Å²) in [5.74, 6) is -1.08. The quantitative estimate of drug-likeness (QED) is 0.254. The summed E-state index contributed by atoms with van der Waals surface area (Å²) in [6.45, 7) is 0. The maximum atomic E-state index is 13.0. The van der Waals surface area contributed by atoms with Gasteiger partial charge in [-0.3, -0.25) is 9.59 Å². The summed E-state index contributed by atoms with van der Waals surface area (Å²) in [6, 6.07) is 4.14. The molecule has 1 aromatic carbocycles. The number of aliphatic hydroxyl groups excluding tert-OH is 2. The van der Waals surface area contributed by atoms with Crippen molar-refractivity contribution >= 4 is 17.8 Å². The summed E-state index contributed by atoms with van der Waals surface area (Å²) in [4.78, 5) is 37.5. The van der Waals surface area contributed by atoms with E-state index in [1.54, 1.807) is 24.3 Å². The first-order chi connectivity index (χ1) is 16.6. The standard InChI is InChI=1S/C24H36N4O7/c1-35-16-9-7-14(8-10-16)11-17(21(25)31)27-22(32)24(34)12-18(20(30)19(29)13-24)28-23(33)26-15-5-3-2-4-6-15/h7-10,15,17-20,29-30,34H,2-6,11-13H2,1H3,(H2,25,31)(H,27,32)(H2,26,28,33)/t17-,18-,19+,20+,24+/m0/s1. The first-order valence-electron chi connectivity index (χ1n) is 12.0. The van der Waals surface area contributed by atoms with Crippen LogP contribution in [0.4, 0.5) is 4.79 Å². The molecule has 2 aliphatic carbocycles. The number of nitrogens with one attached hydrogen (secondary N) is 3. The molecule has 11 heteroatoms. The molecule has 3 rings (SSSR count). The first-order valence-corrected chi connectivity index (χ1v) is 12.0. The number of carbonyl (C=O) groups excluding carboxylic acids is 3. The minimum atomic E-state index is -2.13. The van der Waals surface area contributed by atoms with E-state index in [2.05, 4.69) is 16.0 Å². The molecule has 0 spiro atoms. The van der Waals surface area contributed by atoms with Crippen molar-refractivity contribution < 1.29 is 34.4 Å². The zero-order valence-electron chi connectivity index (χ0n) is 19.9. The van der Waals surface area contributed by atoms with Crippen molar-refractivity contribution in [2.45, 2.75) is 87.3 Å². The molecule has 0 bridgehead atoms. The zero-order chi connectivity index (χ0) is 25.6. The van der Waals surface area contributed by atoms with Gasteiger partial charge in [0.25, 0.3) is 5.91 Å². The Bertz CT molecular complexity index is 890. The molecule has 5 atom stereocenters. The highest BCUT2D eigenvalue weighted by molar-refractivity contribution is 5.91. The number of urea groups is 1. The lowest BCUT2D eigenvalue weighted by Gasteiger charge is -2.42. The number of methoxy groups -OCH3 is 1. The molecule has 1 aromatic rings. The molecular weight excluding hydrogens is 456 g/mol. The number of ether oxygens (including phenoxy) is 1. The van der Waals surface area contributed by atoms with Crippen LogP contribution in [-0.2, 0) is 16.0 Å². The predicted octanol–water partition coefficient (Wildman–Crippen LogP) is -0.545. The summed E-state index contributed by atoms with van der Waals surface area (Å²) in [5.41, 5.74) is 4.06. The predicted molar refractivity (Wildman–Crippen MR) is 126 cm³/mol. The van der Waals surface area contributed by atoms with Crippen molar-refractivity contribution in [3.05, 3.63) is 29.8 Å². The van der Waals surface area contributed by atoms with Crippen LogP contribution in [0.5, 0.6) is 5.75 Å². The molecule has 0 saturated heterocycles. The normalized spacial score (nSPS) is 27.9. The molecule has 11 nitrogen and oxygen atoms in total. The van der Waals surface area contributed by atoms with Crippen LogP contribution in [-0.4, -0.2) is 76.2 Å². The molecule has 0 radical (unpaired) electrons. The number of rotatable bonds is 8. The van der Waals surface area contributed by atoms with Crippen molar-refractivity contribution in [1.82, 2.24) is 16.0 Å². The highest BCUT2D eigenvalue weighted by Gasteiger charge is 2.49. The van der Waals surface area contributed by atoms with Crippen LogP contribution in [0.15, 0.2) is 24.3 Å². The molecule has 2 fully saturated rings. The lowest BCUT2D eigenvalue weighted by atomic mass is 9.77. The number of amides is 4. The molecule has 35 heavy (non-hydrogen) atoms. The third-order valence-electron chi connectivity index (χ3n) is 6.84. The van der Waals surface area contributed by atoms with Gasteiger partial charge in [-0.2, -0.15) is 0 Å². The van der Waals surface area contributed by atoms with E-state index < -0.39 is 54.2 Å². The summed E-state index contributed by atoms with van der Waals surface area (Å²) >= 11 is 0. The van der Waals surface area contributed by atoms with Crippen molar-refractivity contribution in [1.29, 1.82) is 0 Å². The van der Waals surface area contributed by atoms with Gasteiger partial charge in [0.1, 0.15) is 23.5 Å². The van der Waals surface area contributed by atoms with E-state index in [1.807, 2.05) is 0 Å². The Morgan fingerprint density at radius 3 is 2.34 bits per heavy atom. The fourth-order valence-corrected chi connectivity index (χ4v) is 4.78. The second-order valence-corrected chi connectivity index (χ2v) is 9.54. The highest BCUT2D eigenvalue weighted by Crippen LogP contribution is 2.30. The van der Waals surface area contributed by atoms with E-state index in [1.165, 1.54) is 7.11 Å². The molecule has 0 unspecified atom stereocenters. The third kappa shape index (κ3) is 7.06. The number of nitrogens with two attached hydrogens (primary N) is 1. The average molecular weight is 493 g/mol. The molecule has 8 N–H and O–H groups in total. The van der Waals surface area contributed by atoms with Gasteiger partial charge in [-0.15, -0.1) is 0 Å². The molecular formula is C24H36N4O7. The lowest BCUT2D eigenvalue weighted by molar-refractivity contribution is -0.158. The van der Waals surface area contributed by atoms with Crippen molar-refractivity contribution in [3.8, 4) is 5.75 Å². The van der Waals surface area contributed by atoms with E-state index in [-0.39, 0.29) is 18.9 Å². The highest BCUT2D eigenvalue weighted by atomic mass is 16.5. The van der Waals surface area contributed by atoms with Crippen LogP contribution in [0.2, 0.25) is 0 Å². The fraction of sp³-hybridized carbons (Fsp3) is 0.625. The van der Waals surface area contributed by atoms with Crippen LogP contribution in [0.1, 0.15) is 50.5 Å². The SMILES string of the molecule is COc1ccc(C[C@H](NC(=O)[C@]2(O)C[C@@H](O)[C@H](O)[C@@H](NC(=O)NC3CCCCC3)C2)C(N)=O)cc1. The molecule has 2 aliphatic rings. The lowest BCUT2D eigenvalue weighted by Crippen LogP contribution is -2.65. The van der Waals surface area contributed by atoms with E-state index in [0.717, 1.165) is 32.1 Å². The monoisotopic (exact) mass is 492 g/mol. The van der Waals surface area contributed by atoms with E-state index in [4.69, 9.17) is 10.5 Å². The van der Waals surface area contributed by atoms with Gasteiger partial charge < -0.3 is 41.7 Å². The molecule has 2 saturated carbocycles. The summed E-state index contributed by atoms with van der Waals surface area (Å²) in [7, 11) is 1.53. The number of benzene rings is 1. The van der Waals surface area contributed by atoms with Crippen LogP contribution >= 0.6 is 0 Å². The van der Waals surface area contributed by atoms with Crippen molar-refractivity contribution in [2.24, 2.45) is 5.73 Å². The topological polar surface area (TPSA) is 183 Å². The molecule has 0 heterocycles. The zero-order valence-corrected chi connectivity index (χ0v) is 19.9. The van der Waals surface area contributed by atoms with Gasteiger partial charge in [0.05, 0.1) is 19.3 Å². The van der Waals surface area contributed by atoms with Gasteiger partial charge in [0, 0.05) is 25.3 Å². The Morgan fingerprint density at radius 1 is 1.09 bits per heavy atom. The van der Waals surface area contributed by atoms with Crippen LogP contribution in [0.3, 0.4) is 0 Å². The summed E-state index contributed by atoms with van der Waals surface area (Å²) in [5, 5.41) is 39.7. The van der Waals surface area contributed by atoms with Crippen molar-refractivity contribution in [3.63, 3.8) is 0 Å². The second-order valence-electron chi connectivity index (χ2n) is 9.54. The smallest absolute Gasteiger partial charge is 0.315 e. The number of carbonyl (C=O) groups is 3. The number of primary amides is 1. The van der Waals surface area contributed by atoms with Gasteiger partial charge in [0.15, 0.2) is 0 Å². The Hall–Kier alpha value is -2.89. The molecule has 0 aliphatic heterocycles. The summed E-state index contributed by atoms with van der Waals surface area (Å²) in [6.07, 6.45) is 1.33. The minimum absolute atomic E-state index is 0.0193. The molecule has 194 valence electrons. The van der Waals surface area contributed by atoms with Crippen LogP contribution in [0.25, 0.3) is 0 Å². The van der Waals surface area contributed by atoms with Gasteiger partial charge in [-0.25, -0.2) is 4.79 Å². The second kappa shape index (κ2) is 11.7. The van der Waals surface area contributed by atoms with Gasteiger partial charge in [-0.1, -0.05) is 31.4 Å². The number of hydrogen-bond acceptors (Lipinski definition) is 7. The Morgan fingerprint density at radius 2 is 1.74 bits per heavy atom. The van der Waals surface area contributed by atoms with E-state index in [9.17, 15) is 29.7 Å². The van der Waals surface area contributed by atoms with Gasteiger partial charge in [-0.05, 0) is 30.5 Å². The third-order valence-corrected chi connectivity index (χ3v) is 6.84. The Kier molecular flexibility index (Phi) is 8.92. The largest absolute Gasteiger partial charge is 0.497 e. The van der Waals surface area contributed by atoms with Crippen LogP contribution < -0.4 is 26.4 Å². The van der Waals surface area contributed by atoms with Crippen LogP contribution in [0, 0.1) is 0 Å². The molecule has 4 amide bonds. The maximum absolute atomic E-state index is 13.0. The Balaban J connectivity index is 1.64. The number of aliphatic hydroxyl groups is 3. The minimum Gasteiger partial charge on any atom is -0.497 e. The Labute approximate surface area is 204 Å². The number of hydrogen-bond donors (Lipinski definition) is 7. The fourth-order valence-electron chi connectivity index (χ4n) is 4.78. The van der Waals surface area contributed by atoms with Gasteiger partial charge in [0.2, 0.25) is 5.91 Å². The maximum Gasteiger partial charge on any atom is 0.315 e. The summed E-state index contributed by atoms with van der Waals surface area (Å²) < 4.78 is 5.10. The molecule has 0 aromatic heterocycles. The average Bonchev–Trinajstić information content (AvgIpc) is 2.82. The van der Waals surface area contributed by atoms with E-state index >= 15 is 0 Å². The first kappa shape index (κ1) is 26.7. The van der Waals surface area contributed by atoms with Gasteiger partial charge >= 0.3 is 6.03 Å².